The number of nitrogens with two attached hydrogens (primary N) is 1. The van der Waals surface area contributed by atoms with Crippen LogP contribution in [0.25, 0.3) is 0 Å². The fourth-order valence-electron chi connectivity index (χ4n) is 2.67. The Morgan fingerprint density at radius 1 is 1.33 bits per heavy atom. The van der Waals surface area contributed by atoms with E-state index in [2.05, 4.69) is 11.8 Å². The third-order valence-corrected chi connectivity index (χ3v) is 5.48. The van der Waals surface area contributed by atoms with Gasteiger partial charge < -0.3 is 10.6 Å². The molecule has 0 aromatic heterocycles. The molecule has 1 heterocycles. The number of benzene rings is 1. The van der Waals surface area contributed by atoms with Gasteiger partial charge in [-0.1, -0.05) is 13.3 Å². The number of alkyl halides is 2. The van der Waals surface area contributed by atoms with E-state index in [-0.39, 0.29) is 10.9 Å². The highest BCUT2D eigenvalue weighted by atomic mass is 32.2. The van der Waals surface area contributed by atoms with Crippen LogP contribution in [0.4, 0.5) is 14.5 Å². The summed E-state index contributed by atoms with van der Waals surface area (Å²) in [6.45, 7) is 3.68. The van der Waals surface area contributed by atoms with Crippen LogP contribution < -0.4 is 10.6 Å². The van der Waals surface area contributed by atoms with Gasteiger partial charge in [0, 0.05) is 24.8 Å². The van der Waals surface area contributed by atoms with Gasteiger partial charge in [0.25, 0.3) is 0 Å². The van der Waals surface area contributed by atoms with Gasteiger partial charge in [0.05, 0.1) is 4.90 Å². The number of halogens is 2. The summed E-state index contributed by atoms with van der Waals surface area (Å²) in [6.07, 6.45) is 1.85. The molecular formula is C14H20F2N2O2S. The molecule has 2 unspecified atom stereocenters. The van der Waals surface area contributed by atoms with Crippen LogP contribution in [0.3, 0.4) is 0 Å². The van der Waals surface area contributed by atoms with E-state index < -0.39 is 15.6 Å². The summed E-state index contributed by atoms with van der Waals surface area (Å²) < 4.78 is 47.7. The zero-order chi connectivity index (χ0) is 15.6. The quantitative estimate of drug-likeness (QED) is 0.925. The molecule has 0 saturated carbocycles. The lowest BCUT2D eigenvalue weighted by molar-refractivity contribution is 0.234. The third kappa shape index (κ3) is 3.35. The molecule has 4 nitrogen and oxygen atoms in total. The molecule has 21 heavy (non-hydrogen) atoms. The van der Waals surface area contributed by atoms with Gasteiger partial charge in [-0.25, -0.2) is 8.42 Å². The Labute approximate surface area is 123 Å². The average Bonchev–Trinajstić information content (AvgIpc) is 2.47. The van der Waals surface area contributed by atoms with Gasteiger partial charge in [0.2, 0.25) is 9.84 Å². The third-order valence-electron chi connectivity index (χ3n) is 4.08. The summed E-state index contributed by atoms with van der Waals surface area (Å²) in [4.78, 5) is 1.78. The molecule has 0 radical (unpaired) electrons. The van der Waals surface area contributed by atoms with E-state index in [0.717, 1.165) is 31.6 Å². The highest BCUT2D eigenvalue weighted by Gasteiger charge is 2.28. The monoisotopic (exact) mass is 318 g/mol. The topological polar surface area (TPSA) is 63.4 Å². The second-order valence-corrected chi connectivity index (χ2v) is 7.28. The molecule has 2 atom stereocenters. The number of piperidine rings is 1. The summed E-state index contributed by atoms with van der Waals surface area (Å²) >= 11 is 0. The average molecular weight is 318 g/mol. The van der Waals surface area contributed by atoms with Gasteiger partial charge in [0.1, 0.15) is 0 Å². The van der Waals surface area contributed by atoms with Gasteiger partial charge >= 0.3 is 5.76 Å². The fourth-order valence-corrected chi connectivity index (χ4v) is 3.39. The molecule has 1 aromatic rings. The second kappa shape index (κ2) is 6.27. The van der Waals surface area contributed by atoms with Crippen LogP contribution in [-0.4, -0.2) is 33.3 Å². The standard InChI is InChI=1S/C14H20F2N2O2S/c1-2-10-9-18(8-7-13(10)17)11-3-5-12(6-4-11)21(19,20)14(15)16/h3-6,10,13-14H,2,7-9,17H2,1H3. The number of nitrogens with zero attached hydrogens (tertiary/aromatic N) is 1. The minimum atomic E-state index is -4.52. The van der Waals surface area contributed by atoms with Crippen molar-refractivity contribution in [2.75, 3.05) is 18.0 Å². The predicted molar refractivity (Wildman–Crippen MR) is 78.2 cm³/mol. The molecule has 1 aliphatic rings. The molecule has 7 heteroatoms. The summed E-state index contributed by atoms with van der Waals surface area (Å²) in [5.41, 5.74) is 6.90. The summed E-state index contributed by atoms with van der Waals surface area (Å²) in [7, 11) is -4.52. The highest BCUT2D eigenvalue weighted by molar-refractivity contribution is 7.91. The summed E-state index contributed by atoms with van der Waals surface area (Å²) in [6, 6.07) is 5.83. The Hall–Kier alpha value is -1.21. The largest absolute Gasteiger partial charge is 0.371 e. The van der Waals surface area contributed by atoms with Crippen molar-refractivity contribution in [3.8, 4) is 0 Å². The maximum atomic E-state index is 12.5. The van der Waals surface area contributed by atoms with Crippen LogP contribution in [0.5, 0.6) is 0 Å². The molecule has 2 rings (SSSR count). The van der Waals surface area contributed by atoms with Crippen LogP contribution in [0.1, 0.15) is 19.8 Å². The first-order valence-electron chi connectivity index (χ1n) is 6.99. The van der Waals surface area contributed by atoms with E-state index in [9.17, 15) is 17.2 Å². The predicted octanol–water partition coefficient (Wildman–Crippen LogP) is 2.25. The smallest absolute Gasteiger partial charge is 0.341 e. The minimum Gasteiger partial charge on any atom is -0.371 e. The van der Waals surface area contributed by atoms with E-state index in [1.165, 1.54) is 12.1 Å². The summed E-state index contributed by atoms with van der Waals surface area (Å²) in [5, 5.41) is 0. The lowest BCUT2D eigenvalue weighted by atomic mass is 9.90. The first kappa shape index (κ1) is 16.2. The van der Waals surface area contributed by atoms with Crippen LogP contribution in [-0.2, 0) is 9.84 Å². The van der Waals surface area contributed by atoms with Crippen molar-refractivity contribution < 1.29 is 17.2 Å². The molecule has 2 N–H and O–H groups in total. The van der Waals surface area contributed by atoms with Gasteiger partial charge in [-0.15, -0.1) is 0 Å². The lowest BCUT2D eigenvalue weighted by Crippen LogP contribution is -2.46. The normalized spacial score (nSPS) is 23.6. The van der Waals surface area contributed by atoms with E-state index in [1.807, 2.05) is 0 Å². The molecule has 0 bridgehead atoms. The number of hydrogen-bond acceptors (Lipinski definition) is 4. The van der Waals surface area contributed by atoms with E-state index in [0.29, 0.717) is 5.92 Å². The Bertz CT molecular complexity index is 575. The van der Waals surface area contributed by atoms with Gasteiger partial charge in [0.15, 0.2) is 0 Å². The number of hydrogen-bond donors (Lipinski definition) is 1. The Morgan fingerprint density at radius 3 is 2.48 bits per heavy atom. The Morgan fingerprint density at radius 2 is 1.95 bits per heavy atom. The SMILES string of the molecule is CCC1CN(c2ccc(S(=O)(=O)C(F)F)cc2)CCC1N. The van der Waals surface area contributed by atoms with E-state index in [4.69, 9.17) is 5.73 Å². The molecular weight excluding hydrogens is 298 g/mol. The number of rotatable bonds is 4. The number of anilines is 1. The molecule has 1 aliphatic heterocycles. The van der Waals surface area contributed by atoms with Crippen molar-refractivity contribution in [1.29, 1.82) is 0 Å². The van der Waals surface area contributed by atoms with Crippen molar-refractivity contribution in [1.82, 2.24) is 0 Å². The zero-order valence-electron chi connectivity index (χ0n) is 11.9. The lowest BCUT2D eigenvalue weighted by Gasteiger charge is -2.38. The molecule has 1 aromatic carbocycles. The van der Waals surface area contributed by atoms with Gasteiger partial charge in [-0.05, 0) is 36.6 Å². The van der Waals surface area contributed by atoms with Crippen LogP contribution in [0.15, 0.2) is 29.2 Å². The molecule has 1 saturated heterocycles. The van der Waals surface area contributed by atoms with Gasteiger partial charge in [-0.2, -0.15) is 8.78 Å². The summed E-state index contributed by atoms with van der Waals surface area (Å²) in [5.74, 6) is -3.00. The second-order valence-electron chi connectivity index (χ2n) is 5.37. The van der Waals surface area contributed by atoms with Gasteiger partial charge in [-0.3, -0.25) is 0 Å². The number of sulfone groups is 1. The minimum absolute atomic E-state index is 0.185. The van der Waals surface area contributed by atoms with E-state index >= 15 is 0 Å². The molecule has 0 spiro atoms. The van der Waals surface area contributed by atoms with Crippen molar-refractivity contribution in [3.05, 3.63) is 24.3 Å². The van der Waals surface area contributed by atoms with E-state index in [1.54, 1.807) is 12.1 Å². The molecule has 118 valence electrons. The van der Waals surface area contributed by atoms with Crippen LogP contribution in [0.2, 0.25) is 0 Å². The van der Waals surface area contributed by atoms with Crippen LogP contribution >= 0.6 is 0 Å². The molecule has 1 fully saturated rings. The van der Waals surface area contributed by atoms with Crippen molar-refractivity contribution in [3.63, 3.8) is 0 Å². The Kier molecular flexibility index (Phi) is 4.83. The molecule has 0 amide bonds. The maximum Gasteiger partial charge on any atom is 0.341 e. The first-order chi connectivity index (χ1) is 9.86. The van der Waals surface area contributed by atoms with Crippen LogP contribution in [0, 0.1) is 5.92 Å². The molecule has 0 aliphatic carbocycles. The first-order valence-corrected chi connectivity index (χ1v) is 8.53. The zero-order valence-corrected chi connectivity index (χ0v) is 12.7. The highest BCUT2D eigenvalue weighted by Crippen LogP contribution is 2.26. The van der Waals surface area contributed by atoms with Crippen molar-refractivity contribution in [2.24, 2.45) is 11.7 Å². The Balaban J connectivity index is 2.16. The van der Waals surface area contributed by atoms with Crippen molar-refractivity contribution >= 4 is 15.5 Å². The van der Waals surface area contributed by atoms with Crippen molar-refractivity contribution in [2.45, 2.75) is 36.5 Å². The fraction of sp³-hybridized carbons (Fsp3) is 0.571. The maximum absolute atomic E-state index is 12.5.